The van der Waals surface area contributed by atoms with Crippen LogP contribution < -0.4 is 0 Å². The van der Waals surface area contributed by atoms with E-state index < -0.39 is 21.9 Å². The minimum atomic E-state index is -4.61. The summed E-state index contributed by atoms with van der Waals surface area (Å²) in [4.78, 5) is 0.115. The van der Waals surface area contributed by atoms with E-state index in [0.717, 1.165) is 37.3 Å². The van der Waals surface area contributed by atoms with Crippen molar-refractivity contribution in [2.45, 2.75) is 42.9 Å². The Hall–Kier alpha value is -2.69. The van der Waals surface area contributed by atoms with Crippen molar-refractivity contribution < 1.29 is 26.3 Å². The molecule has 0 aliphatic carbocycles. The number of hydrogen-bond acceptors (Lipinski definition) is 4. The Balaban J connectivity index is 1.50. The molecule has 2 fully saturated rings. The smallest absolute Gasteiger partial charge is 0.374 e. The number of aromatic nitrogens is 2. The summed E-state index contributed by atoms with van der Waals surface area (Å²) in [5.41, 5.74) is 1.15. The highest BCUT2D eigenvalue weighted by atomic mass is 32.2. The van der Waals surface area contributed by atoms with Gasteiger partial charge in [-0.15, -0.1) is 0 Å². The van der Waals surface area contributed by atoms with Crippen LogP contribution in [0.1, 0.15) is 43.0 Å². The first-order valence-electron chi connectivity index (χ1n) is 11.2. The lowest BCUT2D eigenvalue weighted by Gasteiger charge is -2.16. The van der Waals surface area contributed by atoms with Crippen molar-refractivity contribution in [3.8, 4) is 16.9 Å². The van der Waals surface area contributed by atoms with E-state index in [0.29, 0.717) is 30.9 Å². The number of rotatable bonds is 5. The lowest BCUT2D eigenvalue weighted by Crippen LogP contribution is -2.27. The van der Waals surface area contributed by atoms with Crippen LogP contribution in [-0.2, 0) is 20.9 Å². The molecule has 1 unspecified atom stereocenters. The van der Waals surface area contributed by atoms with Crippen LogP contribution in [0.2, 0.25) is 0 Å². The van der Waals surface area contributed by atoms with Gasteiger partial charge in [0.1, 0.15) is 0 Å². The second-order valence-corrected chi connectivity index (χ2v) is 10.5. The van der Waals surface area contributed by atoms with Crippen LogP contribution in [0.15, 0.2) is 59.5 Å². The molecule has 2 saturated heterocycles. The standard InChI is InChI=1S/C24H24F3N3O3S/c25-24(26,27)23-16-21(17-5-7-18(8-6-17)22-4-3-15-33-22)30(28-23)19-9-11-20(12-10-19)34(31,32)29-13-1-2-14-29/h5-12,16,22H,1-4,13-15H2. The molecule has 2 aliphatic heterocycles. The minimum absolute atomic E-state index is 0.00907. The Bertz CT molecular complexity index is 1260. The zero-order valence-corrected chi connectivity index (χ0v) is 19.1. The van der Waals surface area contributed by atoms with Crippen molar-refractivity contribution in [1.82, 2.24) is 14.1 Å². The largest absolute Gasteiger partial charge is 0.435 e. The minimum Gasteiger partial charge on any atom is -0.374 e. The van der Waals surface area contributed by atoms with Crippen LogP contribution in [0, 0.1) is 0 Å². The van der Waals surface area contributed by atoms with E-state index in [9.17, 15) is 21.6 Å². The maximum atomic E-state index is 13.5. The zero-order valence-electron chi connectivity index (χ0n) is 18.3. The Labute approximate surface area is 196 Å². The summed E-state index contributed by atoms with van der Waals surface area (Å²) >= 11 is 0. The summed E-state index contributed by atoms with van der Waals surface area (Å²) in [6, 6.07) is 14.1. The molecule has 0 amide bonds. The summed E-state index contributed by atoms with van der Waals surface area (Å²) in [7, 11) is -3.62. The number of benzene rings is 2. The van der Waals surface area contributed by atoms with Crippen molar-refractivity contribution in [2.75, 3.05) is 19.7 Å². The third-order valence-electron chi connectivity index (χ3n) is 6.29. The van der Waals surface area contributed by atoms with Crippen LogP contribution in [0.5, 0.6) is 0 Å². The molecule has 1 atom stereocenters. The summed E-state index contributed by atoms with van der Waals surface area (Å²) in [5.74, 6) is 0. The van der Waals surface area contributed by atoms with Crippen molar-refractivity contribution in [2.24, 2.45) is 0 Å². The fraction of sp³-hybridized carbons (Fsp3) is 0.375. The molecular formula is C24H24F3N3O3S. The summed E-state index contributed by atoms with van der Waals surface area (Å²) in [6.45, 7) is 1.66. The van der Waals surface area contributed by atoms with E-state index in [2.05, 4.69) is 5.10 Å². The van der Waals surface area contributed by atoms with Gasteiger partial charge in [-0.05, 0) is 61.6 Å². The predicted octanol–water partition coefficient (Wildman–Crippen LogP) is 5.19. The maximum absolute atomic E-state index is 13.5. The third kappa shape index (κ3) is 4.37. The molecule has 0 bridgehead atoms. The van der Waals surface area contributed by atoms with E-state index in [-0.39, 0.29) is 16.7 Å². The number of sulfonamides is 1. The van der Waals surface area contributed by atoms with Gasteiger partial charge in [0.2, 0.25) is 10.0 Å². The number of ether oxygens (including phenoxy) is 1. The van der Waals surface area contributed by atoms with E-state index in [1.807, 2.05) is 12.1 Å². The molecule has 5 rings (SSSR count). The fourth-order valence-corrected chi connectivity index (χ4v) is 5.99. The second kappa shape index (κ2) is 8.83. The van der Waals surface area contributed by atoms with Crippen molar-refractivity contribution in [3.05, 3.63) is 65.9 Å². The quantitative estimate of drug-likeness (QED) is 0.493. The summed E-state index contributed by atoms with van der Waals surface area (Å²) in [5, 5.41) is 3.80. The van der Waals surface area contributed by atoms with Gasteiger partial charge in [-0.1, -0.05) is 24.3 Å². The molecular weight excluding hydrogens is 467 g/mol. The molecule has 3 aromatic rings. The number of hydrogen-bond donors (Lipinski definition) is 0. The lowest BCUT2D eigenvalue weighted by atomic mass is 10.0. The fourth-order valence-electron chi connectivity index (χ4n) is 4.47. The Morgan fingerprint density at radius 2 is 1.62 bits per heavy atom. The van der Waals surface area contributed by atoms with Gasteiger partial charge in [-0.3, -0.25) is 0 Å². The van der Waals surface area contributed by atoms with Gasteiger partial charge < -0.3 is 4.74 Å². The van der Waals surface area contributed by atoms with Gasteiger partial charge in [-0.2, -0.15) is 22.6 Å². The first kappa shape index (κ1) is 23.1. The molecule has 0 spiro atoms. The van der Waals surface area contributed by atoms with E-state index in [4.69, 9.17) is 4.74 Å². The first-order chi connectivity index (χ1) is 16.2. The van der Waals surface area contributed by atoms with Crippen molar-refractivity contribution in [1.29, 1.82) is 0 Å². The van der Waals surface area contributed by atoms with Crippen LogP contribution >= 0.6 is 0 Å². The van der Waals surface area contributed by atoms with Crippen LogP contribution in [0.4, 0.5) is 13.2 Å². The molecule has 2 aromatic carbocycles. The molecule has 10 heteroatoms. The topological polar surface area (TPSA) is 64.4 Å². The van der Waals surface area contributed by atoms with E-state index >= 15 is 0 Å². The van der Waals surface area contributed by atoms with Gasteiger partial charge in [0.15, 0.2) is 5.69 Å². The molecule has 2 aliphatic rings. The molecule has 1 aromatic heterocycles. The molecule has 3 heterocycles. The van der Waals surface area contributed by atoms with Gasteiger partial charge in [0.25, 0.3) is 0 Å². The van der Waals surface area contributed by atoms with E-state index in [1.165, 1.54) is 33.3 Å². The van der Waals surface area contributed by atoms with E-state index in [1.54, 1.807) is 12.1 Å². The highest BCUT2D eigenvalue weighted by Crippen LogP contribution is 2.35. The second-order valence-electron chi connectivity index (χ2n) is 8.55. The van der Waals surface area contributed by atoms with Crippen molar-refractivity contribution in [3.63, 3.8) is 0 Å². The average Bonchev–Trinajstić information content (AvgIpc) is 3.60. The normalized spacial score (nSPS) is 19.7. The van der Waals surface area contributed by atoms with Crippen LogP contribution in [-0.4, -0.2) is 42.2 Å². The Morgan fingerprint density at radius 1 is 0.941 bits per heavy atom. The van der Waals surface area contributed by atoms with Gasteiger partial charge in [0.05, 0.1) is 22.4 Å². The van der Waals surface area contributed by atoms with Gasteiger partial charge in [-0.25, -0.2) is 13.1 Å². The molecule has 180 valence electrons. The lowest BCUT2D eigenvalue weighted by molar-refractivity contribution is -0.141. The zero-order chi connectivity index (χ0) is 23.9. The van der Waals surface area contributed by atoms with Gasteiger partial charge >= 0.3 is 6.18 Å². The highest BCUT2D eigenvalue weighted by molar-refractivity contribution is 7.89. The monoisotopic (exact) mass is 491 g/mol. The predicted molar refractivity (Wildman–Crippen MR) is 120 cm³/mol. The molecule has 0 N–H and O–H groups in total. The van der Waals surface area contributed by atoms with Gasteiger partial charge in [0, 0.05) is 25.3 Å². The molecule has 34 heavy (non-hydrogen) atoms. The highest BCUT2D eigenvalue weighted by Gasteiger charge is 2.35. The first-order valence-corrected chi connectivity index (χ1v) is 12.7. The number of nitrogens with zero attached hydrogens (tertiary/aromatic N) is 3. The average molecular weight is 492 g/mol. The SMILES string of the molecule is O=S(=O)(c1ccc(-n2nc(C(F)(F)F)cc2-c2ccc(C3CCCO3)cc2)cc1)N1CCCC1. The number of halogens is 3. The summed E-state index contributed by atoms with van der Waals surface area (Å²) in [6.07, 6.45) is -1.06. The number of alkyl halides is 3. The van der Waals surface area contributed by atoms with Crippen LogP contribution in [0.3, 0.4) is 0 Å². The maximum Gasteiger partial charge on any atom is 0.435 e. The third-order valence-corrected chi connectivity index (χ3v) is 8.20. The molecule has 0 radical (unpaired) electrons. The van der Waals surface area contributed by atoms with Crippen molar-refractivity contribution >= 4 is 10.0 Å². The molecule has 0 saturated carbocycles. The summed E-state index contributed by atoms with van der Waals surface area (Å²) < 4.78 is 74.4. The Morgan fingerprint density at radius 3 is 2.21 bits per heavy atom. The van der Waals surface area contributed by atoms with Crippen LogP contribution in [0.25, 0.3) is 16.9 Å². The Kier molecular flexibility index (Phi) is 5.99. The molecule has 6 nitrogen and oxygen atoms in total.